The molecule has 31 heavy (non-hydrogen) atoms. The molecule has 2 aromatic rings. The minimum absolute atomic E-state index is 0. The summed E-state index contributed by atoms with van der Waals surface area (Å²) < 4.78 is 28.0. The topological polar surface area (TPSA) is 128 Å². The van der Waals surface area contributed by atoms with E-state index >= 15 is 0 Å². The van der Waals surface area contributed by atoms with Crippen LogP contribution in [0.4, 0.5) is 8.78 Å². The van der Waals surface area contributed by atoms with Gasteiger partial charge in [-0.3, -0.25) is 9.98 Å². The van der Waals surface area contributed by atoms with Crippen molar-refractivity contribution in [3.8, 4) is 6.07 Å². The van der Waals surface area contributed by atoms with Crippen molar-refractivity contribution < 1.29 is 37.5 Å². The van der Waals surface area contributed by atoms with Gasteiger partial charge in [0.25, 0.3) is 0 Å². The van der Waals surface area contributed by atoms with E-state index in [0.29, 0.717) is 0 Å². The number of nitrogens with two attached hydrogens (primary N) is 1. The quantitative estimate of drug-likeness (QED) is 0.471. The first-order valence-electron chi connectivity index (χ1n) is 8.85. The zero-order valence-corrected chi connectivity index (χ0v) is 17.4. The molecule has 0 saturated heterocycles. The molecule has 0 aromatic carbocycles. The summed E-state index contributed by atoms with van der Waals surface area (Å²) in [4.78, 5) is 23.5. The molecular weight excluding hydrogens is 419 g/mol. The number of carbonyl (C=O) groups is 1. The number of thioether (sulfide) groups is 1. The number of hydrogen-bond donors (Lipinski definition) is 1. The molecule has 4 rings (SSSR count). The van der Waals surface area contributed by atoms with Crippen molar-refractivity contribution in [3.63, 3.8) is 0 Å². The third-order valence-corrected chi connectivity index (χ3v) is 6.68. The average Bonchev–Trinajstić information content (AvgIpc) is 3.46. The first kappa shape index (κ1) is 23.0. The fraction of sp³-hybridized carbons (Fsp3) is 0.250. The van der Waals surface area contributed by atoms with Crippen LogP contribution in [0.2, 0.25) is 0 Å². The number of pyridine rings is 2. The summed E-state index contributed by atoms with van der Waals surface area (Å²) in [6.07, 6.45) is 3.73. The van der Waals surface area contributed by atoms with Gasteiger partial charge in [0.05, 0.1) is 27.5 Å². The van der Waals surface area contributed by atoms with Crippen molar-refractivity contribution in [2.45, 2.75) is 23.6 Å². The van der Waals surface area contributed by atoms with Crippen molar-refractivity contribution in [3.05, 3.63) is 58.9 Å². The fourth-order valence-corrected chi connectivity index (χ4v) is 5.07. The number of nitrogens with zero attached hydrogens (tertiary/aromatic N) is 4. The molecule has 1 saturated carbocycles. The van der Waals surface area contributed by atoms with Gasteiger partial charge in [0.2, 0.25) is 5.95 Å². The van der Waals surface area contributed by atoms with Crippen molar-refractivity contribution in [2.24, 2.45) is 16.6 Å². The standard InChI is InChI=1S/C20H15F2N5O2S.Li/c1-19(15-6-20(15,17(28)29)30-18(24)27-19)12-4-11(9-26-16(12)22)5-13(21)14-3-2-10(7-23)8-25-14;/h2-5,8-9,15H,6H2,1H3,(H2,24,27)(H,28,29);/q;+1/p-1/b13-5-;/t15-,19+,20-;/m0./s1. The van der Waals surface area contributed by atoms with Gasteiger partial charge in [-0.15, -0.1) is 0 Å². The molecule has 1 aliphatic carbocycles. The number of hydrogen-bond acceptors (Lipinski definition) is 8. The molecular formula is C20H14F2LiN5O2S. The van der Waals surface area contributed by atoms with Crippen molar-refractivity contribution in [2.75, 3.05) is 0 Å². The van der Waals surface area contributed by atoms with Gasteiger partial charge in [-0.05, 0) is 43.2 Å². The van der Waals surface area contributed by atoms with Gasteiger partial charge in [0.15, 0.2) is 5.17 Å². The summed E-state index contributed by atoms with van der Waals surface area (Å²) in [5, 5.41) is 20.5. The Balaban J connectivity index is 0.00000272. The van der Waals surface area contributed by atoms with E-state index in [4.69, 9.17) is 11.0 Å². The van der Waals surface area contributed by atoms with Crippen LogP contribution < -0.4 is 29.7 Å². The predicted octanol–water partition coefficient (Wildman–Crippen LogP) is -1.26. The first-order chi connectivity index (χ1) is 14.2. The molecule has 152 valence electrons. The smallest absolute Gasteiger partial charge is 0.549 e. The number of carboxylic acid groups (broad SMARTS) is 1. The van der Waals surface area contributed by atoms with Crippen LogP contribution in [0.25, 0.3) is 11.9 Å². The second-order valence-electron chi connectivity index (χ2n) is 7.28. The molecule has 7 nitrogen and oxygen atoms in total. The average molecular weight is 433 g/mol. The minimum atomic E-state index is -1.28. The first-order valence-corrected chi connectivity index (χ1v) is 9.67. The molecule has 1 aliphatic heterocycles. The normalized spacial score (nSPS) is 26.7. The number of fused-ring (bicyclic) bond motifs is 1. The SMILES string of the molecule is C[C@]1(c2cc(/C=C(\F)c3ccc(C#N)cn3)cnc2F)N=C(N)S[C@@]2(C(=O)[O-])C[C@H]21.[Li+]. The van der Waals surface area contributed by atoms with Crippen molar-refractivity contribution in [1.82, 2.24) is 9.97 Å². The van der Waals surface area contributed by atoms with E-state index in [9.17, 15) is 18.7 Å². The van der Waals surface area contributed by atoms with Crippen LogP contribution in [0.1, 0.15) is 35.7 Å². The Bertz CT molecular complexity index is 1170. The van der Waals surface area contributed by atoms with Gasteiger partial charge in [-0.25, -0.2) is 9.37 Å². The van der Waals surface area contributed by atoms with E-state index < -0.39 is 33.9 Å². The number of amidine groups is 1. The number of carbonyl (C=O) groups excluding carboxylic acids is 1. The zero-order chi connectivity index (χ0) is 21.7. The van der Waals surface area contributed by atoms with E-state index in [-0.39, 0.29) is 52.8 Å². The maximum absolute atomic E-state index is 14.6. The van der Waals surface area contributed by atoms with Gasteiger partial charge in [0, 0.05) is 23.9 Å². The molecule has 1 fully saturated rings. The predicted molar refractivity (Wildman–Crippen MR) is 105 cm³/mol. The molecule has 3 atom stereocenters. The zero-order valence-electron chi connectivity index (χ0n) is 16.6. The summed E-state index contributed by atoms with van der Waals surface area (Å²) in [7, 11) is 0. The van der Waals surface area contributed by atoms with E-state index in [1.54, 1.807) is 6.92 Å². The van der Waals surface area contributed by atoms with Crippen LogP contribution in [-0.2, 0) is 10.3 Å². The molecule has 11 heteroatoms. The fourth-order valence-electron chi connectivity index (χ4n) is 3.76. The number of nitriles is 1. The van der Waals surface area contributed by atoms with Crippen LogP contribution in [-0.4, -0.2) is 25.9 Å². The summed E-state index contributed by atoms with van der Waals surface area (Å²) in [5.74, 6) is -3.35. The van der Waals surface area contributed by atoms with Gasteiger partial charge in [-0.2, -0.15) is 9.65 Å². The molecule has 2 aromatic heterocycles. The Hall–Kier alpha value is -2.72. The number of carboxylic acids is 1. The molecule has 0 bridgehead atoms. The largest absolute Gasteiger partial charge is 1.00 e. The molecule has 0 unspecified atom stereocenters. The molecule has 0 amide bonds. The van der Waals surface area contributed by atoms with Gasteiger partial charge < -0.3 is 15.6 Å². The third kappa shape index (κ3) is 3.85. The van der Waals surface area contributed by atoms with Crippen LogP contribution in [0, 0.1) is 23.2 Å². The van der Waals surface area contributed by atoms with Crippen molar-refractivity contribution >= 4 is 34.8 Å². The Labute approximate surface area is 192 Å². The van der Waals surface area contributed by atoms with E-state index in [1.165, 1.54) is 24.4 Å². The Morgan fingerprint density at radius 3 is 2.77 bits per heavy atom. The van der Waals surface area contributed by atoms with Gasteiger partial charge in [-0.1, -0.05) is 11.8 Å². The minimum Gasteiger partial charge on any atom is -0.549 e. The van der Waals surface area contributed by atoms with Gasteiger partial charge in [0.1, 0.15) is 11.9 Å². The van der Waals surface area contributed by atoms with E-state index in [1.807, 2.05) is 6.07 Å². The van der Waals surface area contributed by atoms with Crippen LogP contribution in [0.15, 0.2) is 35.6 Å². The summed E-state index contributed by atoms with van der Waals surface area (Å²) >= 11 is 0.909. The van der Waals surface area contributed by atoms with E-state index in [2.05, 4.69) is 15.0 Å². The number of halogens is 2. The van der Waals surface area contributed by atoms with Crippen molar-refractivity contribution in [1.29, 1.82) is 5.26 Å². The number of aliphatic carboxylic acids is 1. The molecule has 3 heterocycles. The van der Waals surface area contributed by atoms with E-state index in [0.717, 1.165) is 24.0 Å². The second-order valence-corrected chi connectivity index (χ2v) is 8.63. The number of aliphatic imine (C=N–C) groups is 1. The number of aromatic nitrogens is 2. The third-order valence-electron chi connectivity index (χ3n) is 5.40. The Kier molecular flexibility index (Phi) is 5.98. The molecule has 2 N–H and O–H groups in total. The molecule has 0 spiro atoms. The maximum Gasteiger partial charge on any atom is 1.00 e. The van der Waals surface area contributed by atoms with Gasteiger partial charge >= 0.3 is 18.9 Å². The maximum atomic E-state index is 14.6. The summed E-state index contributed by atoms with van der Waals surface area (Å²) in [6.45, 7) is 1.58. The molecule has 0 radical (unpaired) electrons. The Morgan fingerprint density at radius 1 is 1.42 bits per heavy atom. The molecule has 2 aliphatic rings. The summed E-state index contributed by atoms with van der Waals surface area (Å²) in [5.41, 5.74) is 5.10. The monoisotopic (exact) mass is 433 g/mol. The Morgan fingerprint density at radius 2 is 2.16 bits per heavy atom. The van der Waals surface area contributed by atoms with Crippen LogP contribution in [0.5, 0.6) is 0 Å². The van der Waals surface area contributed by atoms with Crippen LogP contribution >= 0.6 is 11.8 Å². The second kappa shape index (κ2) is 8.08. The number of rotatable bonds is 4. The van der Waals surface area contributed by atoms with Crippen LogP contribution in [0.3, 0.4) is 0 Å². The summed E-state index contributed by atoms with van der Waals surface area (Å²) in [6, 6.07) is 6.04.